The molecule has 0 saturated carbocycles. The van der Waals surface area contributed by atoms with Crippen LogP contribution in [0.3, 0.4) is 0 Å². The first-order valence-electron chi connectivity index (χ1n) is 8.66. The van der Waals surface area contributed by atoms with Gasteiger partial charge < -0.3 is 9.80 Å². The van der Waals surface area contributed by atoms with Crippen LogP contribution in [0.1, 0.15) is 35.1 Å². The number of rotatable bonds is 3. The molecule has 126 valence electrons. The molecule has 2 aromatic heterocycles. The van der Waals surface area contributed by atoms with E-state index in [9.17, 15) is 4.79 Å². The predicted molar refractivity (Wildman–Crippen MR) is 90.1 cm³/mol. The van der Waals surface area contributed by atoms with Crippen molar-refractivity contribution in [2.45, 2.75) is 32.7 Å². The molecule has 4 rings (SSSR count). The fraction of sp³-hybridized carbons (Fsp3) is 0.529. The molecule has 0 bridgehead atoms. The van der Waals surface area contributed by atoms with E-state index in [1.807, 2.05) is 11.8 Å². The Hall–Kier alpha value is -2.44. The Labute approximate surface area is 141 Å². The van der Waals surface area contributed by atoms with Crippen LogP contribution in [0.5, 0.6) is 0 Å². The summed E-state index contributed by atoms with van der Waals surface area (Å²) in [5, 5.41) is 4.19. The quantitative estimate of drug-likeness (QED) is 0.846. The molecule has 1 amide bonds. The Balaban J connectivity index is 1.46. The van der Waals surface area contributed by atoms with E-state index in [0.29, 0.717) is 25.3 Å². The van der Waals surface area contributed by atoms with Crippen molar-refractivity contribution in [2.24, 2.45) is 0 Å². The van der Waals surface area contributed by atoms with E-state index < -0.39 is 0 Å². The first-order valence-corrected chi connectivity index (χ1v) is 8.66. The van der Waals surface area contributed by atoms with Gasteiger partial charge in [0.15, 0.2) is 0 Å². The SMILES string of the molecule is CCn1nccc1C(=O)N1CCN(c2ncnc3c2CCC3)CC1. The zero-order valence-corrected chi connectivity index (χ0v) is 14.0. The lowest BCUT2D eigenvalue weighted by atomic mass is 10.2. The summed E-state index contributed by atoms with van der Waals surface area (Å²) < 4.78 is 1.76. The zero-order chi connectivity index (χ0) is 16.5. The Morgan fingerprint density at radius 3 is 2.79 bits per heavy atom. The van der Waals surface area contributed by atoms with Crippen molar-refractivity contribution in [1.29, 1.82) is 0 Å². The number of nitrogens with zero attached hydrogens (tertiary/aromatic N) is 6. The summed E-state index contributed by atoms with van der Waals surface area (Å²) in [7, 11) is 0. The first kappa shape index (κ1) is 15.1. The molecular weight excluding hydrogens is 304 g/mol. The number of aromatic nitrogens is 4. The van der Waals surface area contributed by atoms with Gasteiger partial charge in [0.25, 0.3) is 5.91 Å². The Morgan fingerprint density at radius 1 is 1.17 bits per heavy atom. The molecule has 0 aromatic carbocycles. The van der Waals surface area contributed by atoms with E-state index in [-0.39, 0.29) is 5.91 Å². The molecule has 0 unspecified atom stereocenters. The Kier molecular flexibility index (Phi) is 3.92. The standard InChI is InChI=1S/C17H22N6O/c1-2-23-15(6-7-20-23)17(24)22-10-8-21(9-11-22)16-13-4-3-5-14(13)18-12-19-16/h6-7,12H,2-5,8-11H2,1H3. The van der Waals surface area contributed by atoms with E-state index in [2.05, 4.69) is 20.0 Å². The number of amides is 1. The average molecular weight is 326 g/mol. The minimum atomic E-state index is 0.0712. The van der Waals surface area contributed by atoms with Gasteiger partial charge in [-0.3, -0.25) is 9.48 Å². The van der Waals surface area contributed by atoms with Gasteiger partial charge in [-0.25, -0.2) is 9.97 Å². The third-order valence-electron chi connectivity index (χ3n) is 4.95. The van der Waals surface area contributed by atoms with Crippen molar-refractivity contribution < 1.29 is 4.79 Å². The van der Waals surface area contributed by atoms with E-state index >= 15 is 0 Å². The van der Waals surface area contributed by atoms with Crippen molar-refractivity contribution in [3.63, 3.8) is 0 Å². The molecule has 3 heterocycles. The van der Waals surface area contributed by atoms with Gasteiger partial charge in [0.1, 0.15) is 17.8 Å². The number of carbonyl (C=O) groups excluding carboxylic acids is 1. The summed E-state index contributed by atoms with van der Waals surface area (Å²) in [5.74, 6) is 1.14. The van der Waals surface area contributed by atoms with Gasteiger partial charge in [-0.2, -0.15) is 5.10 Å². The lowest BCUT2D eigenvalue weighted by molar-refractivity contribution is 0.0734. The minimum absolute atomic E-state index is 0.0712. The van der Waals surface area contributed by atoms with Gasteiger partial charge in [-0.05, 0) is 32.3 Å². The fourth-order valence-corrected chi connectivity index (χ4v) is 3.66. The lowest BCUT2D eigenvalue weighted by Gasteiger charge is -2.36. The maximum Gasteiger partial charge on any atom is 0.272 e. The molecule has 24 heavy (non-hydrogen) atoms. The van der Waals surface area contributed by atoms with Crippen LogP contribution in [-0.2, 0) is 19.4 Å². The summed E-state index contributed by atoms with van der Waals surface area (Å²) in [6, 6.07) is 1.80. The average Bonchev–Trinajstić information content (AvgIpc) is 3.29. The number of aryl methyl sites for hydroxylation is 2. The number of hydrogen-bond acceptors (Lipinski definition) is 5. The Bertz CT molecular complexity index is 747. The highest BCUT2D eigenvalue weighted by Gasteiger charge is 2.27. The molecule has 7 heteroatoms. The lowest BCUT2D eigenvalue weighted by Crippen LogP contribution is -2.49. The monoisotopic (exact) mass is 326 g/mol. The van der Waals surface area contributed by atoms with Crippen molar-refractivity contribution >= 4 is 11.7 Å². The highest BCUT2D eigenvalue weighted by molar-refractivity contribution is 5.92. The number of fused-ring (bicyclic) bond motifs is 1. The molecule has 7 nitrogen and oxygen atoms in total. The van der Waals surface area contributed by atoms with E-state index in [1.165, 1.54) is 17.7 Å². The number of carbonyl (C=O) groups is 1. The van der Waals surface area contributed by atoms with E-state index in [1.54, 1.807) is 23.3 Å². The highest BCUT2D eigenvalue weighted by Crippen LogP contribution is 2.28. The van der Waals surface area contributed by atoms with Crippen LogP contribution in [0.2, 0.25) is 0 Å². The molecule has 1 fully saturated rings. The molecule has 1 aliphatic carbocycles. The predicted octanol–water partition coefficient (Wildman–Crippen LogP) is 1.14. The van der Waals surface area contributed by atoms with Crippen LogP contribution in [0.4, 0.5) is 5.82 Å². The summed E-state index contributed by atoms with van der Waals surface area (Å²) >= 11 is 0. The summed E-state index contributed by atoms with van der Waals surface area (Å²) in [4.78, 5) is 25.8. The molecule has 1 aliphatic heterocycles. The smallest absolute Gasteiger partial charge is 0.272 e. The molecule has 0 N–H and O–H groups in total. The van der Waals surface area contributed by atoms with E-state index in [4.69, 9.17) is 0 Å². The van der Waals surface area contributed by atoms with Crippen LogP contribution in [0.15, 0.2) is 18.6 Å². The van der Waals surface area contributed by atoms with Crippen LogP contribution < -0.4 is 4.90 Å². The zero-order valence-electron chi connectivity index (χ0n) is 14.0. The van der Waals surface area contributed by atoms with Crippen LogP contribution in [0.25, 0.3) is 0 Å². The molecule has 0 radical (unpaired) electrons. The maximum absolute atomic E-state index is 12.7. The largest absolute Gasteiger partial charge is 0.353 e. The highest BCUT2D eigenvalue weighted by atomic mass is 16.2. The Morgan fingerprint density at radius 2 is 2.00 bits per heavy atom. The second kappa shape index (κ2) is 6.22. The van der Waals surface area contributed by atoms with Crippen molar-refractivity contribution in [1.82, 2.24) is 24.6 Å². The molecule has 0 spiro atoms. The molecular formula is C17H22N6O. The summed E-state index contributed by atoms with van der Waals surface area (Å²) in [6.45, 7) is 5.77. The van der Waals surface area contributed by atoms with Crippen molar-refractivity contribution in [3.8, 4) is 0 Å². The third kappa shape index (κ3) is 2.53. The number of piperazine rings is 1. The molecule has 2 aromatic rings. The second-order valence-corrected chi connectivity index (χ2v) is 6.29. The number of anilines is 1. The van der Waals surface area contributed by atoms with Crippen LogP contribution in [0, 0.1) is 0 Å². The van der Waals surface area contributed by atoms with Gasteiger partial charge in [0.2, 0.25) is 0 Å². The third-order valence-corrected chi connectivity index (χ3v) is 4.95. The van der Waals surface area contributed by atoms with Crippen molar-refractivity contribution in [3.05, 3.63) is 35.5 Å². The van der Waals surface area contributed by atoms with Gasteiger partial charge in [-0.15, -0.1) is 0 Å². The molecule has 1 saturated heterocycles. The van der Waals surface area contributed by atoms with Gasteiger partial charge in [0.05, 0.1) is 0 Å². The van der Waals surface area contributed by atoms with Crippen LogP contribution >= 0.6 is 0 Å². The van der Waals surface area contributed by atoms with Crippen LogP contribution in [-0.4, -0.2) is 56.7 Å². The number of hydrogen-bond donors (Lipinski definition) is 0. The summed E-state index contributed by atoms with van der Waals surface area (Å²) in [6.07, 6.45) is 6.67. The topological polar surface area (TPSA) is 67.2 Å². The fourth-order valence-electron chi connectivity index (χ4n) is 3.66. The normalized spacial score (nSPS) is 17.2. The van der Waals surface area contributed by atoms with Gasteiger partial charge in [-0.1, -0.05) is 0 Å². The molecule has 0 atom stereocenters. The van der Waals surface area contributed by atoms with Crippen molar-refractivity contribution in [2.75, 3.05) is 31.1 Å². The van der Waals surface area contributed by atoms with E-state index in [0.717, 1.165) is 31.7 Å². The van der Waals surface area contributed by atoms with Gasteiger partial charge >= 0.3 is 0 Å². The first-order chi connectivity index (χ1) is 11.8. The minimum Gasteiger partial charge on any atom is -0.353 e. The molecule has 2 aliphatic rings. The summed E-state index contributed by atoms with van der Waals surface area (Å²) in [5.41, 5.74) is 3.18. The van der Waals surface area contributed by atoms with Gasteiger partial charge in [0, 0.05) is 50.2 Å². The maximum atomic E-state index is 12.7. The second-order valence-electron chi connectivity index (χ2n) is 6.29.